The Labute approximate surface area is 234 Å². The molecule has 0 spiro atoms. The molecule has 4 rings (SSSR count). The Bertz CT molecular complexity index is 1450. The number of halogens is 3. The van der Waals surface area contributed by atoms with Gasteiger partial charge in [-0.1, -0.05) is 39.3 Å². The highest BCUT2D eigenvalue weighted by atomic mass is 32.2. The van der Waals surface area contributed by atoms with Crippen LogP contribution in [-0.2, 0) is 22.6 Å². The van der Waals surface area contributed by atoms with Crippen LogP contribution in [0.2, 0.25) is 0 Å². The lowest BCUT2D eigenvalue weighted by Crippen LogP contribution is -2.30. The number of nitrogens with zero attached hydrogens (tertiary/aromatic N) is 3. The van der Waals surface area contributed by atoms with Gasteiger partial charge in [-0.2, -0.15) is 18.2 Å². The lowest BCUT2D eigenvalue weighted by atomic mass is 10.0. The second kappa shape index (κ2) is 11.7. The van der Waals surface area contributed by atoms with E-state index in [9.17, 15) is 21.6 Å². The number of alkyl halides is 3. The van der Waals surface area contributed by atoms with Crippen LogP contribution in [0.4, 0.5) is 36.3 Å². The van der Waals surface area contributed by atoms with E-state index in [1.165, 1.54) is 6.07 Å². The first-order chi connectivity index (χ1) is 18.7. The van der Waals surface area contributed by atoms with Gasteiger partial charge in [-0.25, -0.2) is 13.4 Å². The molecule has 0 amide bonds. The maximum atomic E-state index is 14.0. The van der Waals surface area contributed by atoms with Crippen LogP contribution in [-0.4, -0.2) is 42.1 Å². The highest BCUT2D eigenvalue weighted by Gasteiger charge is 2.34. The second-order valence-corrected chi connectivity index (χ2v) is 13.5. The number of aromatic nitrogens is 2. The van der Waals surface area contributed by atoms with Gasteiger partial charge >= 0.3 is 6.18 Å². The van der Waals surface area contributed by atoms with Gasteiger partial charge in [-0.05, 0) is 74.2 Å². The summed E-state index contributed by atoms with van der Waals surface area (Å²) in [7, 11) is -3.50. The number of anilines is 4. The van der Waals surface area contributed by atoms with Crippen molar-refractivity contribution in [3.05, 3.63) is 65.4 Å². The van der Waals surface area contributed by atoms with Crippen molar-refractivity contribution in [3.8, 4) is 0 Å². The average Bonchev–Trinajstić information content (AvgIpc) is 2.86. The molecule has 2 heterocycles. The number of piperidine rings is 1. The summed E-state index contributed by atoms with van der Waals surface area (Å²) in [5.41, 5.74) is 0.588. The molecule has 2 aromatic carbocycles. The lowest BCUT2D eigenvalue weighted by Gasteiger charge is -2.27. The normalized spacial score (nSPS) is 15.2. The van der Waals surface area contributed by atoms with E-state index >= 15 is 0 Å². The number of benzene rings is 2. The monoisotopic (exact) mass is 575 g/mol. The topological polar surface area (TPSA) is 87.2 Å². The number of rotatable bonds is 8. The molecule has 0 atom stereocenters. The summed E-state index contributed by atoms with van der Waals surface area (Å²) in [4.78, 5) is 10.9. The van der Waals surface area contributed by atoms with Crippen molar-refractivity contribution in [3.63, 3.8) is 0 Å². The molecule has 1 aliphatic rings. The summed E-state index contributed by atoms with van der Waals surface area (Å²) in [6.45, 7) is 9.24. The zero-order valence-electron chi connectivity index (χ0n) is 23.3. The molecule has 7 nitrogen and oxygen atoms in total. The van der Waals surface area contributed by atoms with Crippen LogP contribution in [0, 0.1) is 12.3 Å². The largest absolute Gasteiger partial charge is 0.416 e. The molecule has 216 valence electrons. The Hall–Kier alpha value is -3.18. The van der Waals surface area contributed by atoms with Gasteiger partial charge in [0, 0.05) is 29.7 Å². The summed E-state index contributed by atoms with van der Waals surface area (Å²) in [6, 6.07) is 10.7. The average molecular weight is 576 g/mol. The predicted molar refractivity (Wildman–Crippen MR) is 152 cm³/mol. The standard InChI is InChI=1S/C29H36F3N5O2S/c1-20-17-33-27(36-26(20)34-22-9-8-10-24(15-22)40(38,39)19-28(2,3)4)35-23-12-11-21(25(16-23)29(30,31)32)18-37-13-6-5-7-14-37/h8-12,15-17H,5-7,13-14,18-19H2,1-4H3,(H2,33,34,35,36). The van der Waals surface area contributed by atoms with Crippen molar-refractivity contribution in [2.24, 2.45) is 5.41 Å². The van der Waals surface area contributed by atoms with E-state index in [0.717, 1.165) is 38.4 Å². The summed E-state index contributed by atoms with van der Waals surface area (Å²) < 4.78 is 67.6. The minimum Gasteiger partial charge on any atom is -0.340 e. The number of aryl methyl sites for hydroxylation is 1. The third-order valence-corrected chi connectivity index (χ3v) is 8.78. The first-order valence-electron chi connectivity index (χ1n) is 13.3. The van der Waals surface area contributed by atoms with Crippen LogP contribution < -0.4 is 10.6 Å². The quantitative estimate of drug-likeness (QED) is 0.296. The van der Waals surface area contributed by atoms with Gasteiger partial charge < -0.3 is 10.6 Å². The molecule has 3 aromatic rings. The van der Waals surface area contributed by atoms with Gasteiger partial charge in [-0.3, -0.25) is 4.90 Å². The Morgan fingerprint density at radius 2 is 1.65 bits per heavy atom. The maximum Gasteiger partial charge on any atom is 0.416 e. The van der Waals surface area contributed by atoms with E-state index in [0.29, 0.717) is 17.1 Å². The SMILES string of the molecule is Cc1cnc(Nc2ccc(CN3CCCCC3)c(C(F)(F)F)c2)nc1Nc1cccc(S(=O)(=O)CC(C)(C)C)c1. The Balaban J connectivity index is 1.55. The molecular weight excluding hydrogens is 539 g/mol. The molecule has 0 radical (unpaired) electrons. The van der Waals surface area contributed by atoms with Crippen molar-refractivity contribution < 1.29 is 21.6 Å². The van der Waals surface area contributed by atoms with Crippen LogP contribution in [0.5, 0.6) is 0 Å². The number of hydrogen-bond acceptors (Lipinski definition) is 7. The summed E-state index contributed by atoms with van der Waals surface area (Å²) in [5.74, 6) is 0.517. The van der Waals surface area contributed by atoms with Crippen molar-refractivity contribution in [1.29, 1.82) is 0 Å². The van der Waals surface area contributed by atoms with Crippen LogP contribution in [0.25, 0.3) is 0 Å². The zero-order valence-corrected chi connectivity index (χ0v) is 24.1. The van der Waals surface area contributed by atoms with E-state index in [1.807, 2.05) is 20.8 Å². The first kappa shape index (κ1) is 29.8. The van der Waals surface area contributed by atoms with Gasteiger partial charge in [0.15, 0.2) is 9.84 Å². The number of hydrogen-bond donors (Lipinski definition) is 2. The minimum absolute atomic E-state index is 0.000785. The van der Waals surface area contributed by atoms with Crippen LogP contribution >= 0.6 is 0 Å². The van der Waals surface area contributed by atoms with E-state index in [-0.39, 0.29) is 34.4 Å². The molecule has 0 bridgehead atoms. The third kappa shape index (κ3) is 7.94. The van der Waals surface area contributed by atoms with Gasteiger partial charge in [0.05, 0.1) is 16.2 Å². The molecule has 1 saturated heterocycles. The molecule has 0 unspecified atom stereocenters. The van der Waals surface area contributed by atoms with Crippen LogP contribution in [0.15, 0.2) is 53.6 Å². The molecule has 0 saturated carbocycles. The molecule has 40 heavy (non-hydrogen) atoms. The minimum atomic E-state index is -4.50. The van der Waals surface area contributed by atoms with E-state index in [1.54, 1.807) is 43.5 Å². The fourth-order valence-corrected chi connectivity index (χ4v) is 6.63. The van der Waals surface area contributed by atoms with E-state index < -0.39 is 27.0 Å². The Morgan fingerprint density at radius 3 is 2.33 bits per heavy atom. The molecular formula is C29H36F3N5O2S. The van der Waals surface area contributed by atoms with Crippen LogP contribution in [0.1, 0.15) is 56.7 Å². The van der Waals surface area contributed by atoms with Gasteiger partial charge in [0.1, 0.15) is 5.82 Å². The lowest BCUT2D eigenvalue weighted by molar-refractivity contribution is -0.138. The fraction of sp³-hybridized carbons (Fsp3) is 0.448. The van der Waals surface area contributed by atoms with Crippen molar-refractivity contribution in [2.75, 3.05) is 29.5 Å². The number of likely N-dealkylation sites (tertiary alicyclic amines) is 1. The van der Waals surface area contributed by atoms with Crippen molar-refractivity contribution in [2.45, 2.75) is 64.6 Å². The number of sulfone groups is 1. The highest BCUT2D eigenvalue weighted by molar-refractivity contribution is 7.91. The predicted octanol–water partition coefficient (Wildman–Crippen LogP) is 7.10. The van der Waals surface area contributed by atoms with Gasteiger partial charge in [-0.15, -0.1) is 0 Å². The van der Waals surface area contributed by atoms with E-state index in [2.05, 4.69) is 25.5 Å². The Morgan fingerprint density at radius 1 is 0.950 bits per heavy atom. The van der Waals surface area contributed by atoms with Gasteiger partial charge in [0.2, 0.25) is 5.95 Å². The summed E-state index contributed by atoms with van der Waals surface area (Å²) in [5, 5.41) is 6.01. The first-order valence-corrected chi connectivity index (χ1v) is 15.0. The van der Waals surface area contributed by atoms with E-state index in [4.69, 9.17) is 0 Å². The fourth-order valence-electron chi connectivity index (χ4n) is 4.73. The third-order valence-electron chi connectivity index (χ3n) is 6.56. The van der Waals surface area contributed by atoms with Crippen LogP contribution in [0.3, 0.4) is 0 Å². The number of nitrogens with one attached hydrogen (secondary N) is 2. The maximum absolute atomic E-state index is 14.0. The molecule has 1 aromatic heterocycles. The smallest absolute Gasteiger partial charge is 0.340 e. The van der Waals surface area contributed by atoms with Gasteiger partial charge in [0.25, 0.3) is 0 Å². The second-order valence-electron chi connectivity index (χ2n) is 11.5. The summed E-state index contributed by atoms with van der Waals surface area (Å²) in [6.07, 6.45) is 0.161. The summed E-state index contributed by atoms with van der Waals surface area (Å²) >= 11 is 0. The zero-order chi connectivity index (χ0) is 29.1. The molecule has 2 N–H and O–H groups in total. The van der Waals surface area contributed by atoms with Crippen molar-refractivity contribution in [1.82, 2.24) is 14.9 Å². The highest BCUT2D eigenvalue weighted by Crippen LogP contribution is 2.35. The van der Waals surface area contributed by atoms with Crippen molar-refractivity contribution >= 4 is 33.0 Å². The molecule has 1 fully saturated rings. The molecule has 11 heteroatoms. The molecule has 1 aliphatic heterocycles. The Kier molecular flexibility index (Phi) is 8.75. The molecule has 0 aliphatic carbocycles.